The number of rotatable bonds is 22. The van der Waals surface area contributed by atoms with E-state index in [-0.39, 0.29) is 47.3 Å². The molecule has 9 heterocycles. The molecule has 6 aromatic rings. The van der Waals surface area contributed by atoms with Gasteiger partial charge in [0.2, 0.25) is 0 Å². The van der Waals surface area contributed by atoms with Crippen molar-refractivity contribution in [1.29, 1.82) is 0 Å². The van der Waals surface area contributed by atoms with Gasteiger partial charge in [-0.3, -0.25) is 34.3 Å². The summed E-state index contributed by atoms with van der Waals surface area (Å²) in [6.07, 6.45) is 11.2. The van der Waals surface area contributed by atoms with Gasteiger partial charge >= 0.3 is 0 Å². The first-order chi connectivity index (χ1) is 43.1. The molecular formula is C65H84N16O7. The third kappa shape index (κ3) is 14.0. The summed E-state index contributed by atoms with van der Waals surface area (Å²) in [5.41, 5.74) is 14.5. The molecule has 23 heteroatoms. The number of hydrogen-bond donors (Lipinski definition) is 6. The van der Waals surface area contributed by atoms with E-state index in [2.05, 4.69) is 95.3 Å². The fourth-order valence-electron chi connectivity index (χ4n) is 13.0. The number of aryl methyl sites for hydroxylation is 2. The topological polar surface area (TPSA) is 257 Å². The van der Waals surface area contributed by atoms with Gasteiger partial charge in [0, 0.05) is 145 Å². The number of ether oxygens (including phenoxy) is 5. The second-order valence-electron chi connectivity index (χ2n) is 23.6. The third-order valence-electron chi connectivity index (χ3n) is 18.1. The monoisotopic (exact) mass is 1200 g/mol. The van der Waals surface area contributed by atoms with Crippen molar-refractivity contribution in [3.05, 3.63) is 101 Å². The quantitative estimate of drug-likeness (QED) is 0.0390. The van der Waals surface area contributed by atoms with Crippen LogP contribution in [0.5, 0.6) is 11.5 Å². The Morgan fingerprint density at radius 2 is 1.11 bits per heavy atom. The van der Waals surface area contributed by atoms with Crippen LogP contribution in [0.3, 0.4) is 0 Å². The van der Waals surface area contributed by atoms with Crippen LogP contribution in [0.25, 0.3) is 22.8 Å². The second-order valence-corrected chi connectivity index (χ2v) is 23.6. The summed E-state index contributed by atoms with van der Waals surface area (Å²) in [4.78, 5) is 67.6. The number of carbonyl (C=O) groups is 2. The van der Waals surface area contributed by atoms with Crippen LogP contribution in [-0.4, -0.2) is 193 Å². The van der Waals surface area contributed by atoms with Crippen LogP contribution in [0, 0.1) is 0 Å². The van der Waals surface area contributed by atoms with E-state index in [1.165, 1.54) is 22.4 Å². The number of morpholine rings is 1. The molecule has 12 rings (SSSR count). The molecule has 1 aliphatic carbocycles. The molecule has 0 spiro atoms. The largest absolute Gasteiger partial charge is 0.494 e. The van der Waals surface area contributed by atoms with E-state index in [4.69, 9.17) is 54.3 Å². The zero-order valence-corrected chi connectivity index (χ0v) is 51.2. The molecule has 23 nitrogen and oxygen atoms in total. The molecule has 2 atom stereocenters. The van der Waals surface area contributed by atoms with Crippen LogP contribution in [0.15, 0.2) is 73.1 Å². The molecule has 466 valence electrons. The minimum atomic E-state index is -0.710. The van der Waals surface area contributed by atoms with Gasteiger partial charge in [-0.15, -0.1) is 0 Å². The number of primary amides is 1. The lowest BCUT2D eigenvalue weighted by atomic mass is 9.99. The maximum atomic E-state index is 14.8. The molecule has 5 saturated heterocycles. The van der Waals surface area contributed by atoms with Crippen molar-refractivity contribution in [3.8, 4) is 34.3 Å². The van der Waals surface area contributed by atoms with Gasteiger partial charge in [0.05, 0.1) is 27.4 Å². The summed E-state index contributed by atoms with van der Waals surface area (Å²) in [7, 11) is 3.19. The number of carbonyl (C=O) groups excluding carboxylic acids is 2. The predicted molar refractivity (Wildman–Crippen MR) is 339 cm³/mol. The standard InChI is InChI=1S/C65H84N16O7/c1-5-41-37-46(12-11-43(41)40-78-29-35-88-36-30-78)72-64-59(75-57(55-53(85-4)10-8-22-68-55)62(77-64)70-45-19-33-87-34-20-45)65(83)73-49-39-51(49)81-27-25-79(26-28-81)48-15-23-80(24-16-48)50-14-13-47(38-42(50)6-2)71-63-58(60(66)82)74-56(54-52(84-3)9-7-21-67-54)61(76-63)69-44-17-31-86-32-18-44/h7-14,21-22,37-38,44-45,48-49,51H,5-6,15-20,23-36,39-40H2,1-4H3,(H2,66,82)(H,73,83)(H2,69,71,76)(H2,70,72,77). The molecule has 2 unspecified atom stereocenters. The van der Waals surface area contributed by atoms with Crippen molar-refractivity contribution in [2.75, 3.05) is 132 Å². The minimum absolute atomic E-state index is 0.00358. The number of piperazine rings is 1. The van der Waals surface area contributed by atoms with Gasteiger partial charge in [0.15, 0.2) is 34.7 Å². The SMILES string of the molecule is CCc1cc(Nc2nc(NC3CCOCC3)c(-c3ncccc3OC)nc2C(=O)NC2CC2N2CCN(C3CCN(c4ccc(Nc5nc(NC6CCOCC6)c(-c6ncccc6OC)nc5C(N)=O)cc4CC)CC3)CC2)ccc1CN1CCOCC1. The molecule has 0 bridgehead atoms. The van der Waals surface area contributed by atoms with Gasteiger partial charge < -0.3 is 60.9 Å². The van der Waals surface area contributed by atoms with Crippen LogP contribution in [-0.2, 0) is 33.6 Å². The molecule has 2 amide bonds. The maximum Gasteiger partial charge on any atom is 0.274 e. The first-order valence-electron chi connectivity index (χ1n) is 31.6. The first-order valence-corrected chi connectivity index (χ1v) is 31.6. The van der Waals surface area contributed by atoms with Crippen molar-refractivity contribution in [2.24, 2.45) is 5.73 Å². The number of benzene rings is 2. The highest BCUT2D eigenvalue weighted by molar-refractivity contribution is 6.00. The summed E-state index contributed by atoms with van der Waals surface area (Å²) in [6, 6.07) is 20.9. The highest BCUT2D eigenvalue weighted by Crippen LogP contribution is 2.39. The minimum Gasteiger partial charge on any atom is -0.494 e. The van der Waals surface area contributed by atoms with Gasteiger partial charge in [-0.05, 0) is 129 Å². The van der Waals surface area contributed by atoms with E-state index in [9.17, 15) is 9.59 Å². The highest BCUT2D eigenvalue weighted by atomic mass is 16.5. The van der Waals surface area contributed by atoms with Crippen molar-refractivity contribution < 1.29 is 33.3 Å². The Bertz CT molecular complexity index is 3400. The van der Waals surface area contributed by atoms with Crippen LogP contribution in [0.1, 0.15) is 96.5 Å². The molecular weight excluding hydrogens is 1120 g/mol. The van der Waals surface area contributed by atoms with Crippen LogP contribution < -0.4 is 46.7 Å². The number of pyridine rings is 2. The lowest BCUT2D eigenvalue weighted by molar-refractivity contribution is 0.0341. The van der Waals surface area contributed by atoms with Crippen LogP contribution in [0.2, 0.25) is 0 Å². The van der Waals surface area contributed by atoms with E-state index in [1.54, 1.807) is 38.7 Å². The van der Waals surface area contributed by atoms with Crippen molar-refractivity contribution in [2.45, 2.75) is 108 Å². The zero-order valence-electron chi connectivity index (χ0n) is 51.2. The van der Waals surface area contributed by atoms with Crippen molar-refractivity contribution in [3.63, 3.8) is 0 Å². The summed E-state index contributed by atoms with van der Waals surface area (Å²) in [6.45, 7) is 16.8. The van der Waals surface area contributed by atoms with E-state index in [0.29, 0.717) is 84.2 Å². The molecule has 6 aliphatic rings. The van der Waals surface area contributed by atoms with E-state index in [1.807, 2.05) is 18.2 Å². The number of anilines is 7. The Hall–Kier alpha value is -7.80. The van der Waals surface area contributed by atoms with Crippen LogP contribution in [0.4, 0.5) is 40.3 Å². The average Bonchev–Trinajstić information content (AvgIpc) is 2.24. The molecule has 88 heavy (non-hydrogen) atoms. The van der Waals surface area contributed by atoms with E-state index >= 15 is 0 Å². The Kier molecular flexibility index (Phi) is 19.3. The Morgan fingerprint density at radius 1 is 0.580 bits per heavy atom. The van der Waals surface area contributed by atoms with Gasteiger partial charge in [-0.2, -0.15) is 0 Å². The zero-order chi connectivity index (χ0) is 60.5. The lowest BCUT2D eigenvalue weighted by Crippen LogP contribution is -2.54. The van der Waals surface area contributed by atoms with Crippen LogP contribution >= 0.6 is 0 Å². The number of hydrogen-bond acceptors (Lipinski definition) is 21. The normalized spacial score (nSPS) is 20.1. The molecule has 0 radical (unpaired) electrons. The highest BCUT2D eigenvalue weighted by Gasteiger charge is 2.45. The molecule has 4 aromatic heterocycles. The number of piperidine rings is 1. The Balaban J connectivity index is 0.696. The molecule has 2 aromatic carbocycles. The van der Waals surface area contributed by atoms with E-state index < -0.39 is 5.91 Å². The maximum absolute atomic E-state index is 14.8. The number of methoxy groups -OCH3 is 2. The van der Waals surface area contributed by atoms with Crippen molar-refractivity contribution in [1.82, 2.24) is 49.9 Å². The molecule has 1 saturated carbocycles. The fraction of sp³-hybridized carbons (Fsp3) is 0.508. The number of amides is 2. The number of aromatic nitrogens is 6. The number of nitrogens with two attached hydrogens (primary N) is 1. The summed E-state index contributed by atoms with van der Waals surface area (Å²) in [5, 5.41) is 17.6. The van der Waals surface area contributed by atoms with Gasteiger partial charge in [0.25, 0.3) is 11.8 Å². The first kappa shape index (κ1) is 60.5. The van der Waals surface area contributed by atoms with E-state index in [0.717, 1.165) is 141 Å². The van der Waals surface area contributed by atoms with Crippen molar-refractivity contribution >= 4 is 52.1 Å². The van der Waals surface area contributed by atoms with Gasteiger partial charge in [-0.1, -0.05) is 19.9 Å². The second kappa shape index (κ2) is 28.1. The summed E-state index contributed by atoms with van der Waals surface area (Å²) < 4.78 is 28.4. The number of nitrogens with one attached hydrogen (secondary N) is 5. The smallest absolute Gasteiger partial charge is 0.274 e. The Morgan fingerprint density at radius 3 is 1.68 bits per heavy atom. The molecule has 7 N–H and O–H groups in total. The predicted octanol–water partition coefficient (Wildman–Crippen LogP) is 7.29. The Labute approximate surface area is 515 Å². The lowest BCUT2D eigenvalue weighted by Gasteiger charge is -2.43. The summed E-state index contributed by atoms with van der Waals surface area (Å²) >= 11 is 0. The summed E-state index contributed by atoms with van der Waals surface area (Å²) in [5.74, 6) is 1.68. The van der Waals surface area contributed by atoms with Gasteiger partial charge in [-0.25, -0.2) is 19.9 Å². The average molecular weight is 1200 g/mol. The third-order valence-corrected chi connectivity index (χ3v) is 18.1. The molecule has 5 aliphatic heterocycles. The van der Waals surface area contributed by atoms with Gasteiger partial charge in [0.1, 0.15) is 34.3 Å². The molecule has 6 fully saturated rings. The fourth-order valence-corrected chi connectivity index (χ4v) is 13.0. The number of nitrogens with zero attached hydrogens (tertiary/aromatic N) is 10.